The monoisotopic (exact) mass is 371 g/mol. The fourth-order valence-corrected chi connectivity index (χ4v) is 2.71. The first-order valence-electron chi connectivity index (χ1n) is 7.02. The van der Waals surface area contributed by atoms with Gasteiger partial charge in [-0.2, -0.15) is 0 Å². The van der Waals surface area contributed by atoms with Gasteiger partial charge in [0.1, 0.15) is 11.3 Å². The summed E-state index contributed by atoms with van der Waals surface area (Å²) in [7, 11) is 0. The van der Waals surface area contributed by atoms with Gasteiger partial charge >= 0.3 is 0 Å². The number of amides is 1. The summed E-state index contributed by atoms with van der Waals surface area (Å²) >= 11 is 3.33. The zero-order valence-electron chi connectivity index (χ0n) is 12.6. The van der Waals surface area contributed by atoms with Crippen LogP contribution in [0.4, 0.5) is 5.69 Å². The lowest BCUT2D eigenvalue weighted by Crippen LogP contribution is -2.25. The van der Waals surface area contributed by atoms with Crippen LogP contribution in [0.1, 0.15) is 21.6 Å². The van der Waals surface area contributed by atoms with Crippen molar-refractivity contribution in [3.05, 3.63) is 74.2 Å². The van der Waals surface area contributed by atoms with E-state index in [9.17, 15) is 9.59 Å². The van der Waals surface area contributed by atoms with Crippen LogP contribution in [0.5, 0.6) is 0 Å². The van der Waals surface area contributed by atoms with Gasteiger partial charge in [-0.25, -0.2) is 4.98 Å². The zero-order valence-corrected chi connectivity index (χ0v) is 14.2. The minimum Gasteiger partial charge on any atom is -0.316 e. The maximum Gasteiger partial charge on any atom is 0.281 e. The molecule has 0 radical (unpaired) electrons. The number of hydrogen-bond acceptors (Lipinski definition) is 3. The van der Waals surface area contributed by atoms with E-state index in [4.69, 9.17) is 0 Å². The Morgan fingerprint density at radius 3 is 2.74 bits per heavy atom. The number of anilines is 1. The molecular weight excluding hydrogens is 358 g/mol. The third-order valence-corrected chi connectivity index (χ3v) is 3.97. The average Bonchev–Trinajstić information content (AvgIpc) is 2.52. The van der Waals surface area contributed by atoms with E-state index in [0.717, 1.165) is 10.0 Å². The quantitative estimate of drug-likeness (QED) is 0.751. The number of nitrogens with one attached hydrogen (secondary N) is 1. The summed E-state index contributed by atoms with van der Waals surface area (Å²) in [5.41, 5.74) is 2.35. The largest absolute Gasteiger partial charge is 0.316 e. The zero-order chi connectivity index (χ0) is 16.6. The second kappa shape index (κ2) is 5.96. The molecule has 0 bridgehead atoms. The number of carbonyl (C=O) groups excluding carboxylic acids is 1. The Labute approximate surface area is 141 Å². The normalized spacial score (nSPS) is 10.7. The number of hydrogen-bond donors (Lipinski definition) is 1. The molecule has 0 fully saturated rings. The molecule has 1 amide bonds. The Morgan fingerprint density at radius 1 is 1.22 bits per heavy atom. The molecule has 0 aliphatic heterocycles. The van der Waals surface area contributed by atoms with Crippen molar-refractivity contribution in [2.24, 2.45) is 0 Å². The van der Waals surface area contributed by atoms with E-state index in [2.05, 4.69) is 26.2 Å². The number of nitrogens with zero attached hydrogens (tertiary/aromatic N) is 2. The van der Waals surface area contributed by atoms with Gasteiger partial charge in [-0.1, -0.05) is 28.1 Å². The summed E-state index contributed by atoms with van der Waals surface area (Å²) in [6.45, 7) is 3.60. The summed E-state index contributed by atoms with van der Waals surface area (Å²) in [5, 5.41) is 2.68. The van der Waals surface area contributed by atoms with Gasteiger partial charge < -0.3 is 5.32 Å². The molecular formula is C17H14BrN3O2. The second-order valence-corrected chi connectivity index (χ2v) is 6.19. The molecule has 116 valence electrons. The number of halogens is 1. The van der Waals surface area contributed by atoms with Crippen LogP contribution in [0, 0.1) is 13.8 Å². The highest BCUT2D eigenvalue weighted by atomic mass is 79.9. The van der Waals surface area contributed by atoms with Crippen LogP contribution in [0.3, 0.4) is 0 Å². The number of aryl methyl sites for hydroxylation is 2. The third kappa shape index (κ3) is 3.03. The first-order chi connectivity index (χ1) is 11.0. The molecule has 0 unspecified atom stereocenters. The smallest absolute Gasteiger partial charge is 0.281 e. The molecule has 0 aliphatic carbocycles. The Morgan fingerprint density at radius 2 is 2.00 bits per heavy atom. The van der Waals surface area contributed by atoms with Gasteiger partial charge in [0.2, 0.25) is 0 Å². The molecule has 3 aromatic rings. The van der Waals surface area contributed by atoms with Crippen LogP contribution in [-0.2, 0) is 0 Å². The molecule has 0 saturated carbocycles. The highest BCUT2D eigenvalue weighted by Gasteiger charge is 2.14. The molecule has 0 saturated heterocycles. The van der Waals surface area contributed by atoms with Crippen molar-refractivity contribution < 1.29 is 4.79 Å². The number of carbonyl (C=O) groups is 1. The maximum absolute atomic E-state index is 12.6. The summed E-state index contributed by atoms with van der Waals surface area (Å²) in [6, 6.07) is 10.6. The van der Waals surface area contributed by atoms with Crippen molar-refractivity contribution in [2.75, 3.05) is 5.32 Å². The van der Waals surface area contributed by atoms with Crippen LogP contribution >= 0.6 is 15.9 Å². The molecule has 3 rings (SSSR count). The third-order valence-electron chi connectivity index (χ3n) is 3.48. The fourth-order valence-electron chi connectivity index (χ4n) is 2.32. The lowest BCUT2D eigenvalue weighted by molar-refractivity contribution is 0.102. The molecule has 1 aromatic carbocycles. The van der Waals surface area contributed by atoms with Gasteiger partial charge in [0.05, 0.1) is 5.69 Å². The number of aromatic nitrogens is 2. The lowest BCUT2D eigenvalue weighted by Gasteiger charge is -2.10. The molecule has 6 heteroatoms. The van der Waals surface area contributed by atoms with Gasteiger partial charge in [0, 0.05) is 16.2 Å². The first kappa shape index (κ1) is 15.4. The van der Waals surface area contributed by atoms with Gasteiger partial charge in [0.15, 0.2) is 0 Å². The standard InChI is InChI=1S/C17H14BrN3O2/c1-10-6-7-14-19-11(2)15(17(23)21(14)9-10)20-16(22)12-4-3-5-13(18)8-12/h3-9H,1-2H3,(H,20,22). The summed E-state index contributed by atoms with van der Waals surface area (Å²) in [6.07, 6.45) is 1.71. The molecule has 2 aromatic heterocycles. The molecule has 0 atom stereocenters. The van der Waals surface area contributed by atoms with Crippen LogP contribution in [-0.4, -0.2) is 15.3 Å². The van der Waals surface area contributed by atoms with Crippen LogP contribution in [0.25, 0.3) is 5.65 Å². The van der Waals surface area contributed by atoms with Crippen molar-refractivity contribution in [3.63, 3.8) is 0 Å². The van der Waals surface area contributed by atoms with E-state index < -0.39 is 0 Å². The van der Waals surface area contributed by atoms with E-state index in [-0.39, 0.29) is 17.2 Å². The van der Waals surface area contributed by atoms with Crippen molar-refractivity contribution >= 4 is 33.2 Å². The highest BCUT2D eigenvalue weighted by Crippen LogP contribution is 2.14. The van der Waals surface area contributed by atoms with Gasteiger partial charge in [-0.3, -0.25) is 14.0 Å². The summed E-state index contributed by atoms with van der Waals surface area (Å²) in [5.74, 6) is -0.346. The van der Waals surface area contributed by atoms with Crippen molar-refractivity contribution in [2.45, 2.75) is 13.8 Å². The highest BCUT2D eigenvalue weighted by molar-refractivity contribution is 9.10. The van der Waals surface area contributed by atoms with E-state index in [0.29, 0.717) is 16.9 Å². The van der Waals surface area contributed by atoms with Crippen molar-refractivity contribution in [1.82, 2.24) is 9.38 Å². The fraction of sp³-hybridized carbons (Fsp3) is 0.118. The minimum atomic E-state index is -0.346. The SMILES string of the molecule is Cc1ccc2nc(C)c(NC(=O)c3cccc(Br)c3)c(=O)n2c1. The summed E-state index contributed by atoms with van der Waals surface area (Å²) in [4.78, 5) is 29.4. The van der Waals surface area contributed by atoms with Crippen molar-refractivity contribution in [1.29, 1.82) is 0 Å². The van der Waals surface area contributed by atoms with Gasteiger partial charge in [-0.15, -0.1) is 0 Å². The summed E-state index contributed by atoms with van der Waals surface area (Å²) < 4.78 is 2.24. The van der Waals surface area contributed by atoms with Crippen molar-refractivity contribution in [3.8, 4) is 0 Å². The van der Waals surface area contributed by atoms with E-state index >= 15 is 0 Å². The van der Waals surface area contributed by atoms with Crippen LogP contribution < -0.4 is 10.9 Å². The predicted octanol–water partition coefficient (Wildman–Crippen LogP) is 3.33. The van der Waals surface area contributed by atoms with E-state index in [1.165, 1.54) is 4.40 Å². The first-order valence-corrected chi connectivity index (χ1v) is 7.81. The van der Waals surface area contributed by atoms with Crippen LogP contribution in [0.15, 0.2) is 51.9 Å². The molecule has 2 heterocycles. The Hall–Kier alpha value is -2.47. The number of benzene rings is 1. The molecule has 23 heavy (non-hydrogen) atoms. The number of fused-ring (bicyclic) bond motifs is 1. The predicted molar refractivity (Wildman–Crippen MR) is 93.0 cm³/mol. The molecule has 5 nitrogen and oxygen atoms in total. The molecule has 0 aliphatic rings. The maximum atomic E-state index is 12.6. The lowest BCUT2D eigenvalue weighted by atomic mass is 10.2. The Kier molecular flexibility index (Phi) is 4.00. The van der Waals surface area contributed by atoms with Gasteiger partial charge in [0.25, 0.3) is 11.5 Å². The average molecular weight is 372 g/mol. The molecule has 0 spiro atoms. The van der Waals surface area contributed by atoms with Gasteiger partial charge in [-0.05, 0) is 43.7 Å². The molecule has 1 N–H and O–H groups in total. The second-order valence-electron chi connectivity index (χ2n) is 5.28. The minimum absolute atomic E-state index is 0.193. The Balaban J connectivity index is 2.06. The van der Waals surface area contributed by atoms with E-state index in [1.807, 2.05) is 19.1 Å². The van der Waals surface area contributed by atoms with E-state index in [1.54, 1.807) is 37.4 Å². The number of pyridine rings is 1. The number of rotatable bonds is 2. The Bertz CT molecular complexity index is 979. The topological polar surface area (TPSA) is 63.5 Å². The van der Waals surface area contributed by atoms with Crippen LogP contribution in [0.2, 0.25) is 0 Å².